The van der Waals surface area contributed by atoms with Gasteiger partial charge in [0.1, 0.15) is 12.4 Å². The first-order valence-corrected chi connectivity index (χ1v) is 10.1. The average molecular weight is 401 g/mol. The van der Waals surface area contributed by atoms with E-state index in [9.17, 15) is 9.59 Å². The lowest BCUT2D eigenvalue weighted by Crippen LogP contribution is -2.27. The van der Waals surface area contributed by atoms with Crippen LogP contribution in [0.4, 0.5) is 4.79 Å². The molecule has 1 aliphatic rings. The molecule has 144 valence electrons. The molecule has 0 radical (unpaired) electrons. The highest BCUT2D eigenvalue weighted by Crippen LogP contribution is 2.33. The van der Waals surface area contributed by atoms with E-state index < -0.39 is 0 Å². The van der Waals surface area contributed by atoms with Crippen LogP contribution >= 0.6 is 11.8 Å². The first-order valence-electron chi connectivity index (χ1n) is 9.25. The lowest BCUT2D eigenvalue weighted by molar-refractivity contribution is -0.123. The normalized spacial score (nSPS) is 15.2. The van der Waals surface area contributed by atoms with Gasteiger partial charge in [-0.3, -0.25) is 14.5 Å². The Kier molecular flexibility index (Phi) is 5.77. The molecular weight excluding hydrogens is 382 g/mol. The van der Waals surface area contributed by atoms with Gasteiger partial charge >= 0.3 is 0 Å². The molecule has 4 rings (SSSR count). The van der Waals surface area contributed by atoms with Crippen molar-refractivity contribution in [2.24, 2.45) is 0 Å². The molecule has 4 nitrogen and oxygen atoms in total. The smallest absolute Gasteiger partial charge is 0.293 e. The molecule has 0 aliphatic carbocycles. The molecule has 0 spiro atoms. The van der Waals surface area contributed by atoms with Crippen LogP contribution in [-0.4, -0.2) is 16.0 Å². The molecule has 0 unspecified atom stereocenters. The molecule has 29 heavy (non-hydrogen) atoms. The van der Waals surface area contributed by atoms with E-state index in [-0.39, 0.29) is 17.7 Å². The van der Waals surface area contributed by atoms with Crippen LogP contribution < -0.4 is 4.74 Å². The summed E-state index contributed by atoms with van der Waals surface area (Å²) in [5.41, 5.74) is 2.83. The van der Waals surface area contributed by atoms with Crippen molar-refractivity contribution in [3.8, 4) is 5.75 Å². The number of hydrogen-bond donors (Lipinski definition) is 0. The molecule has 3 aromatic rings. The minimum absolute atomic E-state index is 0.249. The Bertz CT molecular complexity index is 1050. The van der Waals surface area contributed by atoms with Crippen LogP contribution in [0.15, 0.2) is 89.8 Å². The number of carbonyl (C=O) groups excluding carboxylic acids is 2. The standard InChI is InChI=1S/C24H19NO3S/c26-23-22(29-24(27)25(23)16-18-8-3-1-4-9-18)15-20-12-7-13-21(14-20)28-17-19-10-5-2-6-11-19/h1-15H,16-17H2/b22-15+. The van der Waals surface area contributed by atoms with Crippen LogP contribution in [0.5, 0.6) is 5.75 Å². The van der Waals surface area contributed by atoms with E-state index in [4.69, 9.17) is 4.74 Å². The van der Waals surface area contributed by atoms with Gasteiger partial charge in [-0.05, 0) is 46.7 Å². The molecule has 1 aliphatic heterocycles. The minimum Gasteiger partial charge on any atom is -0.489 e. The molecule has 2 amide bonds. The maximum Gasteiger partial charge on any atom is 0.293 e. The van der Waals surface area contributed by atoms with Crippen molar-refractivity contribution in [1.29, 1.82) is 0 Å². The van der Waals surface area contributed by atoms with Crippen LogP contribution in [0.2, 0.25) is 0 Å². The monoisotopic (exact) mass is 401 g/mol. The zero-order valence-corrected chi connectivity index (χ0v) is 16.5. The molecule has 3 aromatic carbocycles. The average Bonchev–Trinajstić information content (AvgIpc) is 3.01. The predicted molar refractivity (Wildman–Crippen MR) is 115 cm³/mol. The number of ether oxygens (including phenoxy) is 1. The molecule has 0 atom stereocenters. The summed E-state index contributed by atoms with van der Waals surface area (Å²) >= 11 is 0.970. The summed E-state index contributed by atoms with van der Waals surface area (Å²) in [6.07, 6.45) is 1.74. The van der Waals surface area contributed by atoms with Crippen LogP contribution in [0, 0.1) is 0 Å². The highest BCUT2D eigenvalue weighted by molar-refractivity contribution is 8.18. The molecule has 1 saturated heterocycles. The molecule has 0 bridgehead atoms. The van der Waals surface area contributed by atoms with Gasteiger partial charge in [-0.15, -0.1) is 0 Å². The predicted octanol–water partition coefficient (Wildman–Crippen LogP) is 5.50. The quantitative estimate of drug-likeness (QED) is 0.512. The van der Waals surface area contributed by atoms with Crippen LogP contribution in [0.25, 0.3) is 6.08 Å². The molecule has 5 heteroatoms. The third-order valence-corrected chi connectivity index (χ3v) is 5.37. The second kappa shape index (κ2) is 8.80. The van der Waals surface area contributed by atoms with E-state index in [0.717, 1.165) is 28.5 Å². The maximum atomic E-state index is 12.7. The van der Waals surface area contributed by atoms with E-state index >= 15 is 0 Å². The van der Waals surface area contributed by atoms with Crippen molar-refractivity contribution >= 4 is 29.0 Å². The largest absolute Gasteiger partial charge is 0.489 e. The summed E-state index contributed by atoms with van der Waals surface area (Å²) in [6, 6.07) is 26.9. The van der Waals surface area contributed by atoms with Gasteiger partial charge in [0, 0.05) is 0 Å². The number of rotatable bonds is 6. The third-order valence-electron chi connectivity index (χ3n) is 4.46. The van der Waals surface area contributed by atoms with E-state index in [1.807, 2.05) is 84.9 Å². The zero-order chi connectivity index (χ0) is 20.1. The number of amides is 2. The van der Waals surface area contributed by atoms with Crippen molar-refractivity contribution in [3.63, 3.8) is 0 Å². The number of nitrogens with zero attached hydrogens (tertiary/aromatic N) is 1. The highest BCUT2D eigenvalue weighted by Gasteiger charge is 2.34. The lowest BCUT2D eigenvalue weighted by Gasteiger charge is -2.12. The van der Waals surface area contributed by atoms with Gasteiger partial charge in [0.05, 0.1) is 11.4 Å². The van der Waals surface area contributed by atoms with E-state index in [0.29, 0.717) is 17.3 Å². The summed E-state index contributed by atoms with van der Waals surface area (Å²) in [6.45, 7) is 0.751. The second-order valence-electron chi connectivity index (χ2n) is 6.60. The van der Waals surface area contributed by atoms with Crippen molar-refractivity contribution < 1.29 is 14.3 Å². The minimum atomic E-state index is -0.264. The Labute approximate surface area is 173 Å². The lowest BCUT2D eigenvalue weighted by atomic mass is 10.2. The maximum absolute atomic E-state index is 12.7. The number of hydrogen-bond acceptors (Lipinski definition) is 4. The van der Waals surface area contributed by atoms with Crippen LogP contribution in [0.1, 0.15) is 16.7 Å². The molecule has 1 heterocycles. The van der Waals surface area contributed by atoms with Crippen molar-refractivity contribution in [2.45, 2.75) is 13.2 Å². The summed E-state index contributed by atoms with van der Waals surface area (Å²) in [7, 11) is 0. The van der Waals surface area contributed by atoms with Gasteiger partial charge in [0.25, 0.3) is 11.1 Å². The van der Waals surface area contributed by atoms with Gasteiger partial charge in [-0.1, -0.05) is 72.8 Å². The summed E-state index contributed by atoms with van der Waals surface area (Å²) in [4.78, 5) is 26.7. The third kappa shape index (κ3) is 4.76. The van der Waals surface area contributed by atoms with Gasteiger partial charge in [-0.25, -0.2) is 0 Å². The fourth-order valence-corrected chi connectivity index (χ4v) is 3.83. The fraction of sp³-hybridized carbons (Fsp3) is 0.0833. The Morgan fingerprint density at radius 2 is 1.52 bits per heavy atom. The van der Waals surface area contributed by atoms with Crippen LogP contribution in [0.3, 0.4) is 0 Å². The number of carbonyl (C=O) groups is 2. The van der Waals surface area contributed by atoms with E-state index in [2.05, 4.69) is 0 Å². The summed E-state index contributed by atoms with van der Waals surface area (Å²) < 4.78 is 5.85. The topological polar surface area (TPSA) is 46.6 Å². The van der Waals surface area contributed by atoms with Crippen LogP contribution in [-0.2, 0) is 17.9 Å². The zero-order valence-electron chi connectivity index (χ0n) is 15.7. The number of benzene rings is 3. The van der Waals surface area contributed by atoms with Gasteiger partial charge in [-0.2, -0.15) is 0 Å². The van der Waals surface area contributed by atoms with E-state index in [1.54, 1.807) is 6.08 Å². The van der Waals surface area contributed by atoms with Gasteiger partial charge in [0.2, 0.25) is 0 Å². The Morgan fingerprint density at radius 1 is 0.828 bits per heavy atom. The Morgan fingerprint density at radius 3 is 2.24 bits per heavy atom. The second-order valence-corrected chi connectivity index (χ2v) is 7.59. The van der Waals surface area contributed by atoms with Crippen molar-refractivity contribution in [1.82, 2.24) is 4.90 Å². The Balaban J connectivity index is 1.46. The number of imide groups is 1. The Hall–Kier alpha value is -3.31. The molecular formula is C24H19NO3S. The first kappa shape index (κ1) is 19.0. The van der Waals surface area contributed by atoms with Gasteiger partial charge < -0.3 is 4.74 Å². The number of thioether (sulfide) groups is 1. The molecule has 0 saturated carbocycles. The molecule has 0 N–H and O–H groups in total. The highest BCUT2D eigenvalue weighted by atomic mass is 32.2. The molecule has 0 aromatic heterocycles. The van der Waals surface area contributed by atoms with Crippen molar-refractivity contribution in [2.75, 3.05) is 0 Å². The SMILES string of the molecule is O=C1S/C(=C/c2cccc(OCc3ccccc3)c2)C(=O)N1Cc1ccccc1. The first-order chi connectivity index (χ1) is 14.2. The summed E-state index contributed by atoms with van der Waals surface area (Å²) in [5.74, 6) is 0.450. The van der Waals surface area contributed by atoms with Crippen molar-refractivity contribution in [3.05, 3.63) is 107 Å². The summed E-state index contributed by atoms with van der Waals surface area (Å²) in [5, 5.41) is -0.249. The fourth-order valence-electron chi connectivity index (χ4n) is 2.99. The van der Waals surface area contributed by atoms with E-state index in [1.165, 1.54) is 4.90 Å². The van der Waals surface area contributed by atoms with Gasteiger partial charge in [0.15, 0.2) is 0 Å². The molecule has 1 fully saturated rings.